The molecular weight excluding hydrogens is 274 g/mol. The number of hydrogen-bond donors (Lipinski definition) is 1. The van der Waals surface area contributed by atoms with Crippen molar-refractivity contribution in [3.63, 3.8) is 0 Å². The van der Waals surface area contributed by atoms with Crippen LogP contribution in [0.1, 0.15) is 37.7 Å². The quantitative estimate of drug-likeness (QED) is 0.849. The van der Waals surface area contributed by atoms with Crippen LogP contribution in [-0.4, -0.2) is 12.6 Å². The summed E-state index contributed by atoms with van der Waals surface area (Å²) in [5, 5.41) is 7.78. The molecule has 3 aliphatic carbocycles. The second kappa shape index (κ2) is 4.57. The third-order valence-electron chi connectivity index (χ3n) is 5.93. The van der Waals surface area contributed by atoms with Gasteiger partial charge in [0.2, 0.25) is 0 Å². The van der Waals surface area contributed by atoms with Crippen LogP contribution < -0.4 is 5.32 Å². The van der Waals surface area contributed by atoms with Crippen molar-refractivity contribution in [1.29, 1.82) is 0 Å². The van der Waals surface area contributed by atoms with Gasteiger partial charge in [-0.25, -0.2) is 0 Å². The number of rotatable bonds is 5. The maximum absolute atomic E-state index is 3.84. The zero-order valence-corrected chi connectivity index (χ0v) is 13.3. The Balaban J connectivity index is 1.42. The second-order valence-electron chi connectivity index (χ2n) is 7.75. The molecule has 2 atom stereocenters. The standard InChI is InChI=1S/C19H23NS/c1-2-4-18-17(3-1)15(11-21-18)10-19(12-20-16-5-6-16)8-13-7-14(13)9-19/h1-4,11,13-14,16,20H,5-10,12H2. The lowest BCUT2D eigenvalue weighted by Gasteiger charge is -2.31. The van der Waals surface area contributed by atoms with Crippen LogP contribution in [0.25, 0.3) is 10.1 Å². The Morgan fingerprint density at radius 2 is 1.95 bits per heavy atom. The van der Waals surface area contributed by atoms with E-state index in [2.05, 4.69) is 35.0 Å². The summed E-state index contributed by atoms with van der Waals surface area (Å²) in [6, 6.07) is 9.79. The van der Waals surface area contributed by atoms with Crippen molar-refractivity contribution in [2.45, 2.75) is 44.6 Å². The Morgan fingerprint density at radius 3 is 2.76 bits per heavy atom. The molecule has 2 aromatic rings. The van der Waals surface area contributed by atoms with Gasteiger partial charge in [-0.05, 0) is 78.2 Å². The fourth-order valence-corrected chi connectivity index (χ4v) is 5.54. The average molecular weight is 297 g/mol. The average Bonchev–Trinajstić information content (AvgIpc) is 3.40. The molecule has 1 heterocycles. The van der Waals surface area contributed by atoms with Crippen LogP contribution in [0.5, 0.6) is 0 Å². The molecule has 1 N–H and O–H groups in total. The van der Waals surface area contributed by atoms with Gasteiger partial charge in [-0.1, -0.05) is 18.2 Å². The molecule has 0 radical (unpaired) electrons. The topological polar surface area (TPSA) is 12.0 Å². The van der Waals surface area contributed by atoms with Gasteiger partial charge in [-0.2, -0.15) is 0 Å². The Morgan fingerprint density at radius 1 is 1.14 bits per heavy atom. The number of benzene rings is 1. The third-order valence-corrected chi connectivity index (χ3v) is 6.94. The van der Waals surface area contributed by atoms with Gasteiger partial charge >= 0.3 is 0 Å². The van der Waals surface area contributed by atoms with Crippen molar-refractivity contribution in [2.75, 3.05) is 6.54 Å². The molecule has 3 fully saturated rings. The summed E-state index contributed by atoms with van der Waals surface area (Å²) in [7, 11) is 0. The first-order chi connectivity index (χ1) is 10.3. The highest BCUT2D eigenvalue weighted by Gasteiger charge is 2.53. The number of hydrogen-bond acceptors (Lipinski definition) is 2. The molecule has 0 spiro atoms. The molecule has 3 saturated carbocycles. The van der Waals surface area contributed by atoms with E-state index in [0.29, 0.717) is 5.41 Å². The summed E-state index contributed by atoms with van der Waals surface area (Å²) >= 11 is 1.92. The summed E-state index contributed by atoms with van der Waals surface area (Å²) < 4.78 is 1.46. The Labute approximate surface area is 130 Å². The van der Waals surface area contributed by atoms with Crippen LogP contribution in [0, 0.1) is 17.3 Å². The smallest absolute Gasteiger partial charge is 0.0345 e. The molecule has 21 heavy (non-hydrogen) atoms. The van der Waals surface area contributed by atoms with E-state index in [9.17, 15) is 0 Å². The van der Waals surface area contributed by atoms with Gasteiger partial charge in [-0.3, -0.25) is 0 Å². The molecule has 110 valence electrons. The van der Waals surface area contributed by atoms with E-state index in [0.717, 1.165) is 17.9 Å². The fourth-order valence-electron chi connectivity index (χ4n) is 4.58. The van der Waals surface area contributed by atoms with E-state index in [1.165, 1.54) is 55.2 Å². The minimum atomic E-state index is 0.556. The number of fused-ring (bicyclic) bond motifs is 2. The molecule has 1 nitrogen and oxygen atoms in total. The monoisotopic (exact) mass is 297 g/mol. The molecular formula is C19H23NS. The maximum atomic E-state index is 3.84. The van der Waals surface area contributed by atoms with E-state index in [4.69, 9.17) is 0 Å². The lowest BCUT2D eigenvalue weighted by Crippen LogP contribution is -2.36. The number of thiophene rings is 1. The first-order valence-electron chi connectivity index (χ1n) is 8.50. The third kappa shape index (κ3) is 2.33. The molecule has 0 bridgehead atoms. The lowest BCUT2D eigenvalue weighted by molar-refractivity contribution is 0.248. The summed E-state index contributed by atoms with van der Waals surface area (Å²) in [6.07, 6.45) is 8.58. The summed E-state index contributed by atoms with van der Waals surface area (Å²) in [4.78, 5) is 0. The molecule has 2 unspecified atom stereocenters. The van der Waals surface area contributed by atoms with E-state index >= 15 is 0 Å². The summed E-state index contributed by atoms with van der Waals surface area (Å²) in [6.45, 7) is 1.26. The minimum Gasteiger partial charge on any atom is -0.313 e. The SMILES string of the molecule is c1ccc2c(CC3(CNC4CC4)CC4CC4C3)csc2c1. The second-order valence-corrected chi connectivity index (χ2v) is 8.66. The van der Waals surface area contributed by atoms with Gasteiger partial charge in [0, 0.05) is 17.3 Å². The van der Waals surface area contributed by atoms with Crippen LogP contribution in [0.2, 0.25) is 0 Å². The Bertz CT molecular complexity index is 659. The van der Waals surface area contributed by atoms with Crippen LogP contribution in [0.3, 0.4) is 0 Å². The fraction of sp³-hybridized carbons (Fsp3) is 0.579. The van der Waals surface area contributed by atoms with E-state index in [1.54, 1.807) is 5.56 Å². The zero-order chi connectivity index (χ0) is 13.9. The van der Waals surface area contributed by atoms with Crippen LogP contribution >= 0.6 is 11.3 Å². The Kier molecular flexibility index (Phi) is 2.75. The van der Waals surface area contributed by atoms with Crippen molar-refractivity contribution >= 4 is 21.4 Å². The highest BCUT2D eigenvalue weighted by Crippen LogP contribution is 2.61. The van der Waals surface area contributed by atoms with E-state index < -0.39 is 0 Å². The first-order valence-corrected chi connectivity index (χ1v) is 9.38. The van der Waals surface area contributed by atoms with Crippen LogP contribution in [0.15, 0.2) is 29.6 Å². The first kappa shape index (κ1) is 12.7. The molecule has 1 aromatic heterocycles. The maximum Gasteiger partial charge on any atom is 0.0345 e. The van der Waals surface area contributed by atoms with Gasteiger partial charge in [0.15, 0.2) is 0 Å². The van der Waals surface area contributed by atoms with Gasteiger partial charge in [0.25, 0.3) is 0 Å². The lowest BCUT2D eigenvalue weighted by atomic mass is 9.77. The normalized spacial score (nSPS) is 34.3. The van der Waals surface area contributed by atoms with E-state index in [1.807, 2.05) is 11.3 Å². The molecule has 5 rings (SSSR count). The largest absolute Gasteiger partial charge is 0.313 e. The number of nitrogens with one attached hydrogen (secondary N) is 1. The van der Waals surface area contributed by atoms with Crippen molar-refractivity contribution in [3.05, 3.63) is 35.2 Å². The highest BCUT2D eigenvalue weighted by atomic mass is 32.1. The van der Waals surface area contributed by atoms with Crippen molar-refractivity contribution in [3.8, 4) is 0 Å². The summed E-state index contributed by atoms with van der Waals surface area (Å²) in [5.74, 6) is 2.13. The van der Waals surface area contributed by atoms with Crippen molar-refractivity contribution in [2.24, 2.45) is 17.3 Å². The molecule has 0 saturated heterocycles. The highest BCUT2D eigenvalue weighted by molar-refractivity contribution is 7.17. The Hall–Kier alpha value is -0.860. The molecule has 0 aliphatic heterocycles. The zero-order valence-electron chi connectivity index (χ0n) is 12.5. The molecule has 1 aromatic carbocycles. The van der Waals surface area contributed by atoms with E-state index in [-0.39, 0.29) is 0 Å². The van der Waals surface area contributed by atoms with Gasteiger partial charge in [0.05, 0.1) is 0 Å². The van der Waals surface area contributed by atoms with Crippen LogP contribution in [-0.2, 0) is 6.42 Å². The predicted molar refractivity (Wildman–Crippen MR) is 89.8 cm³/mol. The molecule has 2 heteroatoms. The van der Waals surface area contributed by atoms with Crippen LogP contribution in [0.4, 0.5) is 0 Å². The van der Waals surface area contributed by atoms with Gasteiger partial charge in [-0.15, -0.1) is 11.3 Å². The van der Waals surface area contributed by atoms with Gasteiger partial charge < -0.3 is 5.32 Å². The van der Waals surface area contributed by atoms with Crippen molar-refractivity contribution < 1.29 is 0 Å². The van der Waals surface area contributed by atoms with Crippen molar-refractivity contribution in [1.82, 2.24) is 5.32 Å². The van der Waals surface area contributed by atoms with Gasteiger partial charge in [0.1, 0.15) is 0 Å². The minimum absolute atomic E-state index is 0.556. The predicted octanol–water partition coefficient (Wildman–Crippen LogP) is 4.61. The summed E-state index contributed by atoms with van der Waals surface area (Å²) in [5.41, 5.74) is 2.16. The molecule has 3 aliphatic rings. The molecule has 0 amide bonds.